The number of benzene rings is 1. The lowest BCUT2D eigenvalue weighted by molar-refractivity contribution is 0.414. The predicted octanol–water partition coefficient (Wildman–Crippen LogP) is 2.63. The maximum atomic E-state index is 5.68. The zero-order chi connectivity index (χ0) is 12.3. The van der Waals surface area contributed by atoms with Crippen molar-refractivity contribution in [2.45, 2.75) is 13.0 Å². The van der Waals surface area contributed by atoms with Gasteiger partial charge < -0.3 is 14.5 Å². The van der Waals surface area contributed by atoms with Gasteiger partial charge in [-0.05, 0) is 38.2 Å². The molecule has 17 heavy (non-hydrogen) atoms. The van der Waals surface area contributed by atoms with Gasteiger partial charge in [0.05, 0.1) is 19.3 Å². The van der Waals surface area contributed by atoms with E-state index in [4.69, 9.17) is 9.15 Å². The van der Waals surface area contributed by atoms with Gasteiger partial charge >= 0.3 is 0 Å². The van der Waals surface area contributed by atoms with E-state index in [9.17, 15) is 0 Å². The quantitative estimate of drug-likeness (QED) is 0.880. The van der Waals surface area contributed by atoms with Gasteiger partial charge in [0.2, 0.25) is 5.89 Å². The Hall–Kier alpha value is -1.81. The van der Waals surface area contributed by atoms with Crippen LogP contribution >= 0.6 is 0 Å². The minimum Gasteiger partial charge on any atom is -0.497 e. The first-order valence-electron chi connectivity index (χ1n) is 5.52. The molecule has 0 radical (unpaired) electrons. The van der Waals surface area contributed by atoms with Crippen molar-refractivity contribution < 1.29 is 9.15 Å². The maximum absolute atomic E-state index is 5.68. The van der Waals surface area contributed by atoms with E-state index in [1.54, 1.807) is 13.3 Å². The summed E-state index contributed by atoms with van der Waals surface area (Å²) in [5.74, 6) is 2.28. The Morgan fingerprint density at radius 3 is 2.59 bits per heavy atom. The zero-order valence-corrected chi connectivity index (χ0v) is 10.2. The van der Waals surface area contributed by atoms with Crippen LogP contribution in [0.15, 0.2) is 34.9 Å². The van der Waals surface area contributed by atoms with Crippen molar-refractivity contribution in [1.29, 1.82) is 0 Å². The first kappa shape index (κ1) is 11.7. The molecule has 90 valence electrons. The van der Waals surface area contributed by atoms with Crippen molar-refractivity contribution in [2.75, 3.05) is 14.2 Å². The summed E-state index contributed by atoms with van der Waals surface area (Å²) in [6.45, 7) is 2.03. The summed E-state index contributed by atoms with van der Waals surface area (Å²) < 4.78 is 10.8. The molecule has 0 spiro atoms. The van der Waals surface area contributed by atoms with E-state index >= 15 is 0 Å². The maximum Gasteiger partial charge on any atom is 0.226 e. The zero-order valence-electron chi connectivity index (χ0n) is 10.2. The summed E-state index contributed by atoms with van der Waals surface area (Å²) in [5.41, 5.74) is 0.945. The molecule has 1 N–H and O–H groups in total. The van der Waals surface area contributed by atoms with E-state index in [-0.39, 0.29) is 6.04 Å². The molecule has 0 fully saturated rings. The van der Waals surface area contributed by atoms with Gasteiger partial charge in [-0.2, -0.15) is 0 Å². The van der Waals surface area contributed by atoms with Gasteiger partial charge in [-0.15, -0.1) is 0 Å². The first-order chi connectivity index (χ1) is 8.24. The van der Waals surface area contributed by atoms with Crippen molar-refractivity contribution in [3.8, 4) is 17.2 Å². The smallest absolute Gasteiger partial charge is 0.226 e. The molecule has 0 aliphatic rings. The van der Waals surface area contributed by atoms with E-state index in [0.717, 1.165) is 17.1 Å². The fourth-order valence-corrected chi connectivity index (χ4v) is 1.50. The lowest BCUT2D eigenvalue weighted by Gasteiger charge is -2.04. The molecule has 0 aliphatic carbocycles. The number of aromatic nitrogens is 1. The third kappa shape index (κ3) is 2.47. The summed E-state index contributed by atoms with van der Waals surface area (Å²) in [6, 6.07) is 7.80. The summed E-state index contributed by atoms with van der Waals surface area (Å²) in [4.78, 5) is 4.26. The van der Waals surface area contributed by atoms with Gasteiger partial charge in [0.25, 0.3) is 0 Å². The summed E-state index contributed by atoms with van der Waals surface area (Å²) in [6.07, 6.45) is 1.75. The number of oxazole rings is 1. The highest BCUT2D eigenvalue weighted by atomic mass is 16.5. The first-order valence-corrected chi connectivity index (χ1v) is 5.52. The lowest BCUT2D eigenvalue weighted by atomic mass is 10.2. The minimum atomic E-state index is 0.162. The Morgan fingerprint density at radius 1 is 1.29 bits per heavy atom. The number of methoxy groups -OCH3 is 1. The molecule has 1 atom stereocenters. The Bertz CT molecular complexity index is 476. The van der Waals surface area contributed by atoms with Gasteiger partial charge in [-0.25, -0.2) is 4.98 Å². The highest BCUT2D eigenvalue weighted by molar-refractivity contribution is 5.54. The van der Waals surface area contributed by atoms with Gasteiger partial charge in [0.15, 0.2) is 0 Å². The van der Waals surface area contributed by atoms with Gasteiger partial charge in [-0.3, -0.25) is 0 Å². The molecule has 1 heterocycles. The molecular formula is C13H16N2O2. The summed E-state index contributed by atoms with van der Waals surface area (Å²) >= 11 is 0. The molecular weight excluding hydrogens is 216 g/mol. The number of hydrogen-bond donors (Lipinski definition) is 1. The van der Waals surface area contributed by atoms with Crippen LogP contribution in [0, 0.1) is 0 Å². The Balaban J connectivity index is 2.24. The summed E-state index contributed by atoms with van der Waals surface area (Å²) in [5, 5.41) is 3.11. The number of hydrogen-bond acceptors (Lipinski definition) is 4. The SMILES string of the molecule is CNC(C)c1cnc(-c2ccc(OC)cc2)o1. The van der Waals surface area contributed by atoms with Crippen LogP contribution in [-0.4, -0.2) is 19.1 Å². The van der Waals surface area contributed by atoms with Crippen LogP contribution in [0.5, 0.6) is 5.75 Å². The van der Waals surface area contributed by atoms with Crippen molar-refractivity contribution in [2.24, 2.45) is 0 Å². The minimum absolute atomic E-state index is 0.162. The Kier molecular flexibility index (Phi) is 3.44. The van der Waals surface area contributed by atoms with E-state index in [1.807, 2.05) is 38.2 Å². The molecule has 1 unspecified atom stereocenters. The Labute approximate surface area is 101 Å². The predicted molar refractivity (Wildman–Crippen MR) is 66.0 cm³/mol. The third-order valence-electron chi connectivity index (χ3n) is 2.72. The molecule has 2 aromatic rings. The van der Waals surface area contributed by atoms with Crippen molar-refractivity contribution in [3.05, 3.63) is 36.2 Å². The van der Waals surface area contributed by atoms with Crippen LogP contribution in [0.3, 0.4) is 0 Å². The average Bonchev–Trinajstić information content (AvgIpc) is 2.87. The molecule has 1 aromatic heterocycles. The number of ether oxygens (including phenoxy) is 1. The van der Waals surface area contributed by atoms with Gasteiger partial charge in [0, 0.05) is 5.56 Å². The van der Waals surface area contributed by atoms with Gasteiger partial charge in [-0.1, -0.05) is 0 Å². The molecule has 1 aromatic carbocycles. The third-order valence-corrected chi connectivity index (χ3v) is 2.72. The van der Waals surface area contributed by atoms with E-state index in [2.05, 4.69) is 10.3 Å². The molecule has 0 saturated heterocycles. The van der Waals surface area contributed by atoms with Crippen LogP contribution in [0.1, 0.15) is 18.7 Å². The second kappa shape index (κ2) is 5.01. The number of nitrogens with zero attached hydrogens (tertiary/aromatic N) is 1. The highest BCUT2D eigenvalue weighted by Gasteiger charge is 2.10. The van der Waals surface area contributed by atoms with Crippen LogP contribution in [0.2, 0.25) is 0 Å². The topological polar surface area (TPSA) is 47.3 Å². The molecule has 0 saturated carbocycles. The largest absolute Gasteiger partial charge is 0.497 e. The fraction of sp³-hybridized carbons (Fsp3) is 0.308. The van der Waals surface area contributed by atoms with E-state index < -0.39 is 0 Å². The number of nitrogens with one attached hydrogen (secondary N) is 1. The molecule has 4 heteroatoms. The lowest BCUT2D eigenvalue weighted by Crippen LogP contribution is -2.11. The highest BCUT2D eigenvalue weighted by Crippen LogP contribution is 2.24. The standard InChI is InChI=1S/C13H16N2O2/c1-9(14-2)12-8-15-13(17-12)10-4-6-11(16-3)7-5-10/h4-9,14H,1-3H3. The van der Waals surface area contributed by atoms with Gasteiger partial charge in [0.1, 0.15) is 11.5 Å². The molecule has 0 bridgehead atoms. The van der Waals surface area contributed by atoms with Crippen LogP contribution in [0.4, 0.5) is 0 Å². The van der Waals surface area contributed by atoms with Crippen LogP contribution in [-0.2, 0) is 0 Å². The van der Waals surface area contributed by atoms with E-state index in [1.165, 1.54) is 0 Å². The average molecular weight is 232 g/mol. The Morgan fingerprint density at radius 2 is 2.00 bits per heavy atom. The van der Waals surface area contributed by atoms with E-state index in [0.29, 0.717) is 5.89 Å². The van der Waals surface area contributed by atoms with Crippen molar-refractivity contribution in [3.63, 3.8) is 0 Å². The molecule has 4 nitrogen and oxygen atoms in total. The van der Waals surface area contributed by atoms with Crippen molar-refractivity contribution in [1.82, 2.24) is 10.3 Å². The second-order valence-corrected chi connectivity index (χ2v) is 3.81. The summed E-state index contributed by atoms with van der Waals surface area (Å²) in [7, 11) is 3.53. The molecule has 2 rings (SSSR count). The number of rotatable bonds is 4. The monoisotopic (exact) mass is 232 g/mol. The normalized spacial score (nSPS) is 12.4. The fourth-order valence-electron chi connectivity index (χ4n) is 1.50. The second-order valence-electron chi connectivity index (χ2n) is 3.81. The van der Waals surface area contributed by atoms with Crippen LogP contribution in [0.25, 0.3) is 11.5 Å². The van der Waals surface area contributed by atoms with Crippen molar-refractivity contribution >= 4 is 0 Å². The molecule has 0 amide bonds. The molecule has 0 aliphatic heterocycles. The van der Waals surface area contributed by atoms with Crippen LogP contribution < -0.4 is 10.1 Å².